The molecule has 5 nitrogen and oxygen atoms in total. The first-order chi connectivity index (χ1) is 13.4. The zero-order valence-electron chi connectivity index (χ0n) is 16.4. The van der Waals surface area contributed by atoms with Crippen LogP contribution >= 0.6 is 22.7 Å². The van der Waals surface area contributed by atoms with Crippen LogP contribution in [0.5, 0.6) is 0 Å². The van der Waals surface area contributed by atoms with E-state index < -0.39 is 0 Å². The van der Waals surface area contributed by atoms with Gasteiger partial charge >= 0.3 is 0 Å². The predicted molar refractivity (Wildman–Crippen MR) is 114 cm³/mol. The number of aromatic nitrogens is 3. The Labute approximate surface area is 173 Å². The summed E-state index contributed by atoms with van der Waals surface area (Å²) in [5.41, 5.74) is 2.79. The first kappa shape index (κ1) is 19.2. The molecule has 7 heteroatoms. The van der Waals surface area contributed by atoms with Gasteiger partial charge in [-0.1, -0.05) is 20.8 Å². The molecule has 0 N–H and O–H groups in total. The van der Waals surface area contributed by atoms with Gasteiger partial charge in [-0.25, -0.2) is 9.97 Å². The van der Waals surface area contributed by atoms with Crippen LogP contribution in [-0.2, 0) is 5.41 Å². The second kappa shape index (κ2) is 7.72. The van der Waals surface area contributed by atoms with Gasteiger partial charge in [-0.3, -0.25) is 9.78 Å². The van der Waals surface area contributed by atoms with E-state index >= 15 is 0 Å². The molecule has 4 rings (SSSR count). The van der Waals surface area contributed by atoms with Gasteiger partial charge in [0.15, 0.2) is 0 Å². The Hall–Kier alpha value is -2.12. The highest BCUT2D eigenvalue weighted by molar-refractivity contribution is 7.13. The third-order valence-corrected chi connectivity index (χ3v) is 6.97. The second-order valence-electron chi connectivity index (χ2n) is 8.16. The molecular weight excluding hydrogens is 388 g/mol. The molecule has 0 aliphatic carbocycles. The molecule has 28 heavy (non-hydrogen) atoms. The average Bonchev–Trinajstić information content (AvgIpc) is 3.38. The Balaban J connectivity index is 1.39. The SMILES string of the molecule is CC(C)(C)c1csc(C2CCN(C(=O)c3csc(-c4ccncc4)n3)CC2)n1. The number of carbonyl (C=O) groups is 1. The Morgan fingerprint density at radius 2 is 1.79 bits per heavy atom. The van der Waals surface area contributed by atoms with Crippen molar-refractivity contribution in [2.45, 2.75) is 44.9 Å². The molecule has 146 valence electrons. The van der Waals surface area contributed by atoms with E-state index in [9.17, 15) is 4.79 Å². The summed E-state index contributed by atoms with van der Waals surface area (Å²) in [7, 11) is 0. The molecule has 1 saturated heterocycles. The number of piperidine rings is 1. The van der Waals surface area contributed by atoms with Gasteiger partial charge in [0.25, 0.3) is 5.91 Å². The molecule has 3 aromatic rings. The van der Waals surface area contributed by atoms with Crippen molar-refractivity contribution in [2.75, 3.05) is 13.1 Å². The highest BCUT2D eigenvalue weighted by Crippen LogP contribution is 2.34. The van der Waals surface area contributed by atoms with Gasteiger partial charge in [0.1, 0.15) is 10.7 Å². The van der Waals surface area contributed by atoms with Crippen LogP contribution in [-0.4, -0.2) is 38.8 Å². The molecule has 0 unspecified atom stereocenters. The monoisotopic (exact) mass is 412 g/mol. The van der Waals surface area contributed by atoms with E-state index in [1.54, 1.807) is 23.7 Å². The summed E-state index contributed by atoms with van der Waals surface area (Å²) in [5.74, 6) is 0.484. The normalized spacial score (nSPS) is 15.8. The van der Waals surface area contributed by atoms with Gasteiger partial charge in [-0.05, 0) is 25.0 Å². The van der Waals surface area contributed by atoms with Crippen LogP contribution < -0.4 is 0 Å². The van der Waals surface area contributed by atoms with Crippen LogP contribution in [0.25, 0.3) is 10.6 Å². The fraction of sp³-hybridized carbons (Fsp3) is 0.429. The number of nitrogens with zero attached hydrogens (tertiary/aromatic N) is 4. The summed E-state index contributed by atoms with van der Waals surface area (Å²) in [6.07, 6.45) is 5.41. The smallest absolute Gasteiger partial charge is 0.273 e. The van der Waals surface area contributed by atoms with Crippen LogP contribution in [0, 0.1) is 0 Å². The lowest BCUT2D eigenvalue weighted by Crippen LogP contribution is -2.38. The minimum Gasteiger partial charge on any atom is -0.337 e. The summed E-state index contributed by atoms with van der Waals surface area (Å²) in [6, 6.07) is 3.83. The Morgan fingerprint density at radius 3 is 2.43 bits per heavy atom. The van der Waals surface area contributed by atoms with Crippen molar-refractivity contribution >= 4 is 28.6 Å². The lowest BCUT2D eigenvalue weighted by Gasteiger charge is -2.30. The molecule has 0 spiro atoms. The summed E-state index contributed by atoms with van der Waals surface area (Å²) in [6.45, 7) is 8.11. The Morgan fingerprint density at radius 1 is 1.07 bits per heavy atom. The molecule has 1 amide bonds. The van der Waals surface area contributed by atoms with Crippen molar-refractivity contribution in [2.24, 2.45) is 0 Å². The van der Waals surface area contributed by atoms with E-state index in [-0.39, 0.29) is 11.3 Å². The van der Waals surface area contributed by atoms with Crippen LogP contribution in [0.2, 0.25) is 0 Å². The second-order valence-corrected chi connectivity index (χ2v) is 9.91. The van der Waals surface area contributed by atoms with E-state index in [4.69, 9.17) is 4.98 Å². The highest BCUT2D eigenvalue weighted by Gasteiger charge is 2.28. The first-order valence-corrected chi connectivity index (χ1v) is 11.3. The standard InChI is InChI=1S/C21H24N4OS2/c1-21(2,3)17-13-28-19(24-17)15-6-10-25(11-7-15)20(26)16-12-27-18(23-16)14-4-8-22-9-5-14/h4-5,8-9,12-13,15H,6-7,10-11H2,1-3H3. The number of pyridine rings is 1. The van der Waals surface area contributed by atoms with E-state index in [1.165, 1.54) is 16.3 Å². The molecule has 1 aliphatic heterocycles. The minimum atomic E-state index is 0.0320. The number of amides is 1. The fourth-order valence-electron chi connectivity index (χ4n) is 3.31. The number of carbonyl (C=O) groups excluding carboxylic acids is 1. The molecule has 3 aromatic heterocycles. The zero-order valence-corrected chi connectivity index (χ0v) is 18.0. The quantitative estimate of drug-likeness (QED) is 0.609. The molecule has 1 fully saturated rings. The molecule has 0 bridgehead atoms. The van der Waals surface area contributed by atoms with E-state index in [2.05, 4.69) is 36.1 Å². The van der Waals surface area contributed by atoms with Crippen LogP contribution in [0.4, 0.5) is 0 Å². The summed E-state index contributed by atoms with van der Waals surface area (Å²) >= 11 is 3.26. The molecule has 0 atom stereocenters. The maximum absolute atomic E-state index is 12.9. The van der Waals surface area contributed by atoms with Crippen molar-refractivity contribution in [3.8, 4) is 10.6 Å². The van der Waals surface area contributed by atoms with E-state index in [1.807, 2.05) is 22.4 Å². The fourth-order valence-corrected chi connectivity index (χ4v) is 5.33. The number of thiazole rings is 2. The van der Waals surface area contributed by atoms with E-state index in [0.29, 0.717) is 11.6 Å². The van der Waals surface area contributed by atoms with Gasteiger partial charge in [-0.15, -0.1) is 22.7 Å². The van der Waals surface area contributed by atoms with Gasteiger partial charge in [0, 0.05) is 53.1 Å². The van der Waals surface area contributed by atoms with Gasteiger partial charge < -0.3 is 4.90 Å². The van der Waals surface area contributed by atoms with Crippen LogP contribution in [0.3, 0.4) is 0 Å². The lowest BCUT2D eigenvalue weighted by molar-refractivity contribution is 0.0708. The Bertz CT molecular complexity index is 950. The molecule has 0 aromatic carbocycles. The molecule has 1 aliphatic rings. The number of rotatable bonds is 3. The van der Waals surface area contributed by atoms with Gasteiger partial charge in [-0.2, -0.15) is 0 Å². The van der Waals surface area contributed by atoms with Gasteiger partial charge in [0.2, 0.25) is 0 Å². The van der Waals surface area contributed by atoms with Gasteiger partial charge in [0.05, 0.1) is 10.7 Å². The number of likely N-dealkylation sites (tertiary alicyclic amines) is 1. The molecule has 4 heterocycles. The summed E-state index contributed by atoms with van der Waals surface area (Å²) in [4.78, 5) is 28.3. The third-order valence-electron chi connectivity index (χ3n) is 5.07. The van der Waals surface area contributed by atoms with Crippen molar-refractivity contribution in [1.82, 2.24) is 19.9 Å². The maximum atomic E-state index is 12.9. The summed E-state index contributed by atoms with van der Waals surface area (Å²) < 4.78 is 0. The topological polar surface area (TPSA) is 59.0 Å². The number of hydrogen-bond acceptors (Lipinski definition) is 6. The largest absolute Gasteiger partial charge is 0.337 e. The summed E-state index contributed by atoms with van der Waals surface area (Å²) in [5, 5.41) is 6.12. The first-order valence-electron chi connectivity index (χ1n) is 9.53. The highest BCUT2D eigenvalue weighted by atomic mass is 32.1. The zero-order chi connectivity index (χ0) is 19.7. The van der Waals surface area contributed by atoms with Crippen molar-refractivity contribution in [3.63, 3.8) is 0 Å². The van der Waals surface area contributed by atoms with Crippen LogP contribution in [0.1, 0.15) is 60.7 Å². The Kier molecular flexibility index (Phi) is 5.29. The molecular formula is C21H24N4OS2. The number of hydrogen-bond donors (Lipinski definition) is 0. The minimum absolute atomic E-state index is 0.0320. The van der Waals surface area contributed by atoms with Crippen molar-refractivity contribution in [3.05, 3.63) is 51.7 Å². The van der Waals surface area contributed by atoms with E-state index in [0.717, 1.165) is 42.2 Å². The predicted octanol–water partition coefficient (Wildman–Crippen LogP) is 4.98. The molecule has 0 saturated carbocycles. The van der Waals surface area contributed by atoms with Crippen molar-refractivity contribution < 1.29 is 4.79 Å². The van der Waals surface area contributed by atoms with Crippen LogP contribution in [0.15, 0.2) is 35.3 Å². The van der Waals surface area contributed by atoms with Crippen molar-refractivity contribution in [1.29, 1.82) is 0 Å². The average molecular weight is 413 g/mol. The maximum Gasteiger partial charge on any atom is 0.273 e. The molecule has 0 radical (unpaired) electrons. The third kappa shape index (κ3) is 4.00. The lowest BCUT2D eigenvalue weighted by atomic mass is 9.93.